The number of rotatable bonds is 8. The average Bonchev–Trinajstić information content (AvgIpc) is 3.32. The summed E-state index contributed by atoms with van der Waals surface area (Å²) in [5.41, 5.74) is 9.75. The maximum absolute atomic E-state index is 13.8. The van der Waals surface area contributed by atoms with E-state index >= 15 is 0 Å². The van der Waals surface area contributed by atoms with Gasteiger partial charge in [0, 0.05) is 35.1 Å². The number of hydrogen-bond acceptors (Lipinski definition) is 5. The number of benzodiazepines with no additional fused rings is 1. The number of amides is 2. The third kappa shape index (κ3) is 4.77. The molecule has 2 amide bonds. The van der Waals surface area contributed by atoms with E-state index in [1.165, 1.54) is 0 Å². The summed E-state index contributed by atoms with van der Waals surface area (Å²) in [6, 6.07) is 26.6. The van der Waals surface area contributed by atoms with Crippen molar-refractivity contribution in [1.82, 2.24) is 10.3 Å². The SMILES string of the molecule is NCCOCCN1C(=O)C(NC(=O)c2cc3ccccc3[nH]2)N=C(c2ccccc2)c2ccccc21. The lowest BCUT2D eigenvalue weighted by Gasteiger charge is -2.25. The molecule has 5 rings (SSSR count). The number of aromatic nitrogens is 1. The molecular weight excluding hydrogens is 454 g/mol. The van der Waals surface area contributed by atoms with E-state index in [1.54, 1.807) is 11.0 Å². The highest BCUT2D eigenvalue weighted by Crippen LogP contribution is 2.28. The Morgan fingerprint density at radius 1 is 1.00 bits per heavy atom. The van der Waals surface area contributed by atoms with Gasteiger partial charge in [-0.15, -0.1) is 0 Å². The molecule has 1 aliphatic heterocycles. The molecule has 0 saturated carbocycles. The minimum Gasteiger partial charge on any atom is -0.378 e. The smallest absolute Gasteiger partial charge is 0.272 e. The minimum absolute atomic E-state index is 0.298. The number of hydrogen-bond donors (Lipinski definition) is 3. The van der Waals surface area contributed by atoms with Crippen LogP contribution in [0.4, 0.5) is 5.69 Å². The van der Waals surface area contributed by atoms with Crippen molar-refractivity contribution in [2.24, 2.45) is 10.7 Å². The molecule has 8 nitrogen and oxygen atoms in total. The Hall–Kier alpha value is -4.27. The lowest BCUT2D eigenvalue weighted by atomic mass is 10.0. The number of benzene rings is 3. The van der Waals surface area contributed by atoms with E-state index in [1.807, 2.05) is 78.9 Å². The fourth-order valence-electron chi connectivity index (χ4n) is 4.32. The number of carbonyl (C=O) groups is 2. The van der Waals surface area contributed by atoms with E-state index in [0.29, 0.717) is 43.4 Å². The fraction of sp³-hybridized carbons (Fsp3) is 0.179. The summed E-state index contributed by atoms with van der Waals surface area (Å²) in [6.45, 7) is 1.40. The highest BCUT2D eigenvalue weighted by Gasteiger charge is 2.33. The zero-order chi connectivity index (χ0) is 24.9. The molecule has 1 aromatic heterocycles. The molecule has 4 N–H and O–H groups in total. The number of anilines is 1. The van der Waals surface area contributed by atoms with Gasteiger partial charge in [0.2, 0.25) is 6.17 Å². The first-order valence-corrected chi connectivity index (χ1v) is 11.9. The first kappa shape index (κ1) is 23.5. The van der Waals surface area contributed by atoms with E-state index in [0.717, 1.165) is 22.0 Å². The molecule has 0 saturated heterocycles. The van der Waals surface area contributed by atoms with E-state index in [-0.39, 0.29) is 5.91 Å². The van der Waals surface area contributed by atoms with Gasteiger partial charge in [0.25, 0.3) is 11.8 Å². The Balaban J connectivity index is 1.53. The molecule has 0 aliphatic carbocycles. The van der Waals surface area contributed by atoms with E-state index < -0.39 is 12.1 Å². The van der Waals surface area contributed by atoms with Crippen LogP contribution in [0.3, 0.4) is 0 Å². The van der Waals surface area contributed by atoms with Crippen LogP contribution in [-0.2, 0) is 9.53 Å². The second kappa shape index (κ2) is 10.6. The predicted molar refractivity (Wildman–Crippen MR) is 140 cm³/mol. The number of carbonyl (C=O) groups excluding carboxylic acids is 2. The van der Waals surface area contributed by atoms with Crippen LogP contribution in [0, 0.1) is 0 Å². The van der Waals surface area contributed by atoms with Gasteiger partial charge in [-0.25, -0.2) is 4.99 Å². The van der Waals surface area contributed by atoms with Crippen LogP contribution in [0.2, 0.25) is 0 Å². The number of fused-ring (bicyclic) bond motifs is 2. The van der Waals surface area contributed by atoms with Crippen molar-refractivity contribution < 1.29 is 14.3 Å². The molecule has 0 fully saturated rings. The molecule has 8 heteroatoms. The number of nitrogens with zero attached hydrogens (tertiary/aromatic N) is 2. The highest BCUT2D eigenvalue weighted by molar-refractivity contribution is 6.20. The zero-order valence-corrected chi connectivity index (χ0v) is 19.7. The van der Waals surface area contributed by atoms with Gasteiger partial charge >= 0.3 is 0 Å². The number of nitrogens with one attached hydrogen (secondary N) is 2. The van der Waals surface area contributed by atoms with Crippen LogP contribution >= 0.6 is 0 Å². The summed E-state index contributed by atoms with van der Waals surface area (Å²) >= 11 is 0. The van der Waals surface area contributed by atoms with Crippen LogP contribution < -0.4 is 16.0 Å². The normalized spacial score (nSPS) is 15.4. The van der Waals surface area contributed by atoms with Crippen molar-refractivity contribution in [3.05, 3.63) is 102 Å². The first-order chi connectivity index (χ1) is 17.7. The molecule has 2 heterocycles. The van der Waals surface area contributed by atoms with Crippen LogP contribution in [0.1, 0.15) is 21.6 Å². The average molecular weight is 482 g/mol. The molecular formula is C28H27N5O3. The molecule has 36 heavy (non-hydrogen) atoms. The van der Waals surface area contributed by atoms with Gasteiger partial charge in [-0.05, 0) is 18.2 Å². The van der Waals surface area contributed by atoms with Crippen molar-refractivity contribution in [3.63, 3.8) is 0 Å². The standard InChI is InChI=1S/C28H27N5O3/c29-14-16-36-17-15-33-24-13-7-5-11-21(24)25(19-8-2-1-3-9-19)31-26(28(33)35)32-27(34)23-18-20-10-4-6-12-22(20)30-23/h1-13,18,26,30H,14-17,29H2,(H,32,34). The van der Waals surface area contributed by atoms with Gasteiger partial charge < -0.3 is 25.7 Å². The summed E-state index contributed by atoms with van der Waals surface area (Å²) in [6.07, 6.45) is -1.12. The van der Waals surface area contributed by atoms with Crippen LogP contribution in [0.15, 0.2) is 89.9 Å². The van der Waals surface area contributed by atoms with Gasteiger partial charge in [0.1, 0.15) is 5.69 Å². The zero-order valence-electron chi connectivity index (χ0n) is 19.7. The molecule has 0 bridgehead atoms. The maximum atomic E-state index is 13.8. The van der Waals surface area contributed by atoms with Crippen molar-refractivity contribution in [2.45, 2.75) is 6.17 Å². The molecule has 1 unspecified atom stereocenters. The van der Waals surface area contributed by atoms with Crippen molar-refractivity contribution in [3.8, 4) is 0 Å². The van der Waals surface area contributed by atoms with Gasteiger partial charge in [-0.1, -0.05) is 66.7 Å². The van der Waals surface area contributed by atoms with Crippen LogP contribution in [-0.4, -0.2) is 55.0 Å². The Kier molecular flexibility index (Phi) is 6.88. The van der Waals surface area contributed by atoms with Gasteiger partial charge in [0.15, 0.2) is 0 Å². The second-order valence-corrected chi connectivity index (χ2v) is 8.40. The predicted octanol–water partition coefficient (Wildman–Crippen LogP) is 3.08. The summed E-state index contributed by atoms with van der Waals surface area (Å²) in [7, 11) is 0. The highest BCUT2D eigenvalue weighted by atomic mass is 16.5. The molecule has 1 aliphatic rings. The lowest BCUT2D eigenvalue weighted by molar-refractivity contribution is -0.120. The topological polar surface area (TPSA) is 113 Å². The number of H-pyrrole nitrogens is 1. The molecule has 4 aromatic rings. The number of nitrogens with two attached hydrogens (primary N) is 1. The number of ether oxygens (including phenoxy) is 1. The van der Waals surface area contributed by atoms with Gasteiger partial charge in [0.05, 0.1) is 24.6 Å². The Morgan fingerprint density at radius 3 is 2.56 bits per heavy atom. The molecule has 182 valence electrons. The Labute approximate surface area is 208 Å². The molecule has 3 aromatic carbocycles. The Bertz CT molecular complexity index is 1380. The summed E-state index contributed by atoms with van der Waals surface area (Å²) < 4.78 is 5.57. The lowest BCUT2D eigenvalue weighted by Crippen LogP contribution is -2.48. The number of para-hydroxylation sites is 2. The molecule has 0 radical (unpaired) electrons. The molecule has 1 atom stereocenters. The van der Waals surface area contributed by atoms with Crippen LogP contribution in [0.25, 0.3) is 10.9 Å². The van der Waals surface area contributed by atoms with Gasteiger partial charge in [-0.2, -0.15) is 0 Å². The number of aliphatic imine (C=N–C) groups is 1. The van der Waals surface area contributed by atoms with E-state index in [4.69, 9.17) is 15.5 Å². The van der Waals surface area contributed by atoms with Crippen molar-refractivity contribution in [1.29, 1.82) is 0 Å². The Morgan fingerprint density at radius 2 is 1.75 bits per heavy atom. The summed E-state index contributed by atoms with van der Waals surface area (Å²) in [4.78, 5) is 36.6. The minimum atomic E-state index is -1.12. The van der Waals surface area contributed by atoms with Gasteiger partial charge in [-0.3, -0.25) is 9.59 Å². The van der Waals surface area contributed by atoms with E-state index in [2.05, 4.69) is 10.3 Å². The summed E-state index contributed by atoms with van der Waals surface area (Å²) in [5.74, 6) is -0.750. The second-order valence-electron chi connectivity index (χ2n) is 8.40. The fourth-order valence-corrected chi connectivity index (χ4v) is 4.32. The van der Waals surface area contributed by atoms with Crippen molar-refractivity contribution in [2.75, 3.05) is 31.2 Å². The third-order valence-corrected chi connectivity index (χ3v) is 6.02. The summed E-state index contributed by atoms with van der Waals surface area (Å²) in [5, 5.41) is 3.75. The van der Waals surface area contributed by atoms with E-state index in [9.17, 15) is 9.59 Å². The maximum Gasteiger partial charge on any atom is 0.272 e. The monoisotopic (exact) mass is 481 g/mol. The molecule has 0 spiro atoms. The first-order valence-electron chi connectivity index (χ1n) is 11.9. The largest absolute Gasteiger partial charge is 0.378 e. The number of aromatic amines is 1. The quantitative estimate of drug-likeness (QED) is 0.336. The third-order valence-electron chi connectivity index (χ3n) is 6.02. The van der Waals surface area contributed by atoms with Crippen LogP contribution in [0.5, 0.6) is 0 Å². The van der Waals surface area contributed by atoms with Crippen molar-refractivity contribution >= 4 is 34.1 Å².